The molecular weight excluding hydrogens is 464 g/mol. The molecule has 3 aromatic rings. The number of rotatable bonds is 6. The largest absolute Gasteiger partial charge is 0.598 e. The number of nitrogens with zero attached hydrogens (tertiary/aromatic N) is 1. The van der Waals surface area contributed by atoms with E-state index in [1.807, 2.05) is 10.8 Å². The van der Waals surface area contributed by atoms with E-state index >= 15 is 0 Å². The summed E-state index contributed by atoms with van der Waals surface area (Å²) in [5.74, 6) is 0. The molecule has 0 fully saturated rings. The average molecular weight is 497 g/mol. The second-order valence-electron chi connectivity index (χ2n) is 10.8. The number of hydrogen-bond donors (Lipinski definition) is 1. The monoisotopic (exact) mass is 496 g/mol. The molecule has 1 heterocycles. The van der Waals surface area contributed by atoms with Gasteiger partial charge < -0.3 is 9.12 Å². The lowest BCUT2D eigenvalue weighted by molar-refractivity contribution is -0.137. The summed E-state index contributed by atoms with van der Waals surface area (Å²) >= 11 is -1.49. The number of alkyl halides is 4. The maximum Gasteiger partial charge on any atom is 0.417 e. The van der Waals surface area contributed by atoms with Crippen molar-refractivity contribution in [3.8, 4) is 11.1 Å². The van der Waals surface area contributed by atoms with E-state index in [9.17, 15) is 22.1 Å². The molecule has 0 saturated carbocycles. The molecule has 3 nitrogen and oxygen atoms in total. The van der Waals surface area contributed by atoms with Gasteiger partial charge in [-0.15, -0.1) is 4.72 Å². The summed E-state index contributed by atoms with van der Waals surface area (Å²) in [4.78, 5) is 0. The minimum atomic E-state index is -4.48. The van der Waals surface area contributed by atoms with Gasteiger partial charge in [0.2, 0.25) is 0 Å². The van der Waals surface area contributed by atoms with Crippen LogP contribution in [0.1, 0.15) is 58.7 Å². The number of fused-ring (bicyclic) bond motifs is 1. The Morgan fingerprint density at radius 2 is 1.65 bits per heavy atom. The van der Waals surface area contributed by atoms with Crippen LogP contribution >= 0.6 is 0 Å². The second-order valence-corrected chi connectivity index (χ2v) is 12.8. The molecule has 0 spiro atoms. The molecule has 0 radical (unpaired) electrons. The Hall–Kier alpha value is -2.03. The van der Waals surface area contributed by atoms with Gasteiger partial charge in [-0.25, -0.2) is 4.39 Å². The van der Waals surface area contributed by atoms with Crippen LogP contribution in [0.15, 0.2) is 48.7 Å². The highest BCUT2D eigenvalue weighted by Gasteiger charge is 2.34. The lowest BCUT2D eigenvalue weighted by Gasteiger charge is -2.26. The van der Waals surface area contributed by atoms with E-state index in [2.05, 4.69) is 25.5 Å². The van der Waals surface area contributed by atoms with Crippen LogP contribution in [0.4, 0.5) is 17.6 Å². The Balaban J connectivity index is 2.18. The normalized spacial score (nSPS) is 15.0. The fraction of sp³-hybridized carbons (Fsp3) is 0.462. The van der Waals surface area contributed by atoms with Crippen LogP contribution in [0.2, 0.25) is 0 Å². The van der Waals surface area contributed by atoms with Gasteiger partial charge in [0.25, 0.3) is 0 Å². The molecule has 0 aliphatic carbocycles. The molecule has 1 N–H and O–H groups in total. The Morgan fingerprint density at radius 3 is 2.21 bits per heavy atom. The van der Waals surface area contributed by atoms with Crippen molar-refractivity contribution in [3.63, 3.8) is 0 Å². The van der Waals surface area contributed by atoms with Crippen molar-refractivity contribution in [3.05, 3.63) is 59.8 Å². The molecule has 2 atom stereocenters. The van der Waals surface area contributed by atoms with Crippen molar-refractivity contribution in [2.45, 2.75) is 65.1 Å². The highest BCUT2D eigenvalue weighted by molar-refractivity contribution is 7.90. The summed E-state index contributed by atoms with van der Waals surface area (Å²) in [5.41, 5.74) is 1.04. The average Bonchev–Trinajstić information content (AvgIpc) is 3.06. The topological polar surface area (TPSA) is 40.0 Å². The summed E-state index contributed by atoms with van der Waals surface area (Å²) in [6.45, 7) is 11.4. The van der Waals surface area contributed by atoms with Gasteiger partial charge in [0, 0.05) is 40.6 Å². The molecular formula is C26H32F4N2OS. The highest BCUT2D eigenvalue weighted by Crippen LogP contribution is 2.39. The predicted molar refractivity (Wildman–Crippen MR) is 132 cm³/mol. The molecule has 0 aliphatic rings. The smallest absolute Gasteiger partial charge is 0.417 e. The molecule has 0 bridgehead atoms. The second kappa shape index (κ2) is 9.55. The molecule has 0 aliphatic heterocycles. The van der Waals surface area contributed by atoms with E-state index in [-0.39, 0.29) is 11.0 Å². The number of hydrogen-bond acceptors (Lipinski definition) is 2. The summed E-state index contributed by atoms with van der Waals surface area (Å²) in [6, 6.07) is 9.77. The first-order valence-electron chi connectivity index (χ1n) is 11.2. The van der Waals surface area contributed by atoms with Crippen molar-refractivity contribution in [1.82, 2.24) is 9.29 Å². The third-order valence-corrected chi connectivity index (χ3v) is 7.05. The lowest BCUT2D eigenvalue weighted by Crippen LogP contribution is -2.41. The van der Waals surface area contributed by atoms with Gasteiger partial charge in [-0.2, -0.15) is 13.2 Å². The van der Waals surface area contributed by atoms with Gasteiger partial charge in [0.1, 0.15) is 17.5 Å². The number of aromatic nitrogens is 1. The molecule has 0 amide bonds. The number of nitrogens with one attached hydrogen (secondary N) is 1. The van der Waals surface area contributed by atoms with Crippen LogP contribution in [0, 0.1) is 5.41 Å². The van der Waals surface area contributed by atoms with E-state index in [0.717, 1.165) is 11.5 Å². The summed E-state index contributed by atoms with van der Waals surface area (Å²) in [6.07, 6.45) is -2.66. The van der Waals surface area contributed by atoms with E-state index in [0.29, 0.717) is 23.2 Å². The van der Waals surface area contributed by atoms with Crippen LogP contribution in [0.25, 0.3) is 22.0 Å². The van der Waals surface area contributed by atoms with Crippen molar-refractivity contribution in [1.29, 1.82) is 0 Å². The summed E-state index contributed by atoms with van der Waals surface area (Å²) in [7, 11) is 0. The van der Waals surface area contributed by atoms with Crippen LogP contribution in [-0.2, 0) is 24.1 Å². The van der Waals surface area contributed by atoms with Gasteiger partial charge in [-0.1, -0.05) is 51.1 Å². The Morgan fingerprint density at radius 1 is 1.00 bits per heavy atom. The SMILES string of the molecule is CC(C)(C)Cn1cc([C@H](CF)N[S+]([O-])C(C)(C)C)c2ccc(-c3ccccc3C(F)(F)F)cc21. The molecule has 2 aromatic carbocycles. The first-order chi connectivity index (χ1) is 15.6. The van der Waals surface area contributed by atoms with Gasteiger partial charge in [0.05, 0.1) is 5.56 Å². The lowest BCUT2D eigenvalue weighted by atomic mass is 9.96. The standard InChI is InChI=1S/C26H32F4N2OS/c1-24(2,3)16-32-15-20(22(14-27)31-34(33)25(4,5)6)19-12-11-17(13-23(19)32)18-9-7-8-10-21(18)26(28,29)30/h7-13,15,22,31H,14,16H2,1-6H3/t22-,34?/m0/s1. The zero-order chi connectivity index (χ0) is 25.5. The van der Waals surface area contributed by atoms with Gasteiger partial charge in [-0.05, 0) is 49.4 Å². The minimum Gasteiger partial charge on any atom is -0.598 e. The third-order valence-electron chi connectivity index (χ3n) is 5.44. The highest BCUT2D eigenvalue weighted by atomic mass is 32.2. The molecule has 34 heavy (non-hydrogen) atoms. The van der Waals surface area contributed by atoms with Crippen molar-refractivity contribution in [2.75, 3.05) is 6.67 Å². The van der Waals surface area contributed by atoms with Crippen LogP contribution in [-0.4, -0.2) is 20.5 Å². The molecule has 3 rings (SSSR count). The van der Waals surface area contributed by atoms with Crippen molar-refractivity contribution < 1.29 is 22.1 Å². The van der Waals surface area contributed by atoms with Crippen molar-refractivity contribution >= 4 is 22.3 Å². The quantitative estimate of drug-likeness (QED) is 0.285. The first-order valence-corrected chi connectivity index (χ1v) is 12.3. The van der Waals surface area contributed by atoms with E-state index < -0.39 is 40.6 Å². The van der Waals surface area contributed by atoms with Gasteiger partial charge in [-0.3, -0.25) is 0 Å². The molecule has 1 aromatic heterocycles. The first kappa shape index (κ1) is 26.6. The predicted octanol–water partition coefficient (Wildman–Crippen LogP) is 7.44. The summed E-state index contributed by atoms with van der Waals surface area (Å²) in [5, 5.41) is 0.721. The van der Waals surface area contributed by atoms with E-state index in [4.69, 9.17) is 0 Å². The third kappa shape index (κ3) is 5.96. The number of halogens is 4. The molecule has 8 heteroatoms. The van der Waals surface area contributed by atoms with Crippen LogP contribution in [0.3, 0.4) is 0 Å². The Kier molecular flexibility index (Phi) is 7.46. The van der Waals surface area contributed by atoms with Gasteiger partial charge in [0.15, 0.2) is 0 Å². The maximum atomic E-state index is 14.2. The minimum absolute atomic E-state index is 0.0935. The fourth-order valence-corrected chi connectivity index (χ4v) is 4.68. The van der Waals surface area contributed by atoms with Crippen LogP contribution < -0.4 is 4.72 Å². The maximum absolute atomic E-state index is 14.2. The zero-order valence-electron chi connectivity index (χ0n) is 20.4. The molecule has 0 saturated heterocycles. The van der Waals surface area contributed by atoms with Crippen LogP contribution in [0.5, 0.6) is 0 Å². The molecule has 186 valence electrons. The molecule has 1 unspecified atom stereocenters. The Labute approximate surface area is 201 Å². The van der Waals surface area contributed by atoms with Gasteiger partial charge >= 0.3 is 6.18 Å². The fourth-order valence-electron chi connectivity index (χ4n) is 3.87. The summed E-state index contributed by atoms with van der Waals surface area (Å²) < 4.78 is 72.0. The zero-order valence-corrected chi connectivity index (χ0v) is 21.2. The Bertz CT molecular complexity index is 1140. The van der Waals surface area contributed by atoms with E-state index in [1.165, 1.54) is 12.1 Å². The van der Waals surface area contributed by atoms with Crippen molar-refractivity contribution in [2.24, 2.45) is 5.41 Å². The number of benzene rings is 2. The van der Waals surface area contributed by atoms with E-state index in [1.54, 1.807) is 45.0 Å².